The number of nitrogens with zero attached hydrogens (tertiary/aromatic N) is 1. The predicted molar refractivity (Wildman–Crippen MR) is 151 cm³/mol. The molecule has 0 spiro atoms. The molecule has 2 saturated carbocycles. The maximum atomic E-state index is 14.1. The Labute approximate surface area is 238 Å². The van der Waals surface area contributed by atoms with Crippen molar-refractivity contribution in [1.29, 1.82) is 0 Å². The van der Waals surface area contributed by atoms with Crippen LogP contribution in [-0.4, -0.2) is 71.3 Å². The Kier molecular flexibility index (Phi) is 10.1. The lowest BCUT2D eigenvalue weighted by molar-refractivity contribution is -0.145. The smallest absolute Gasteiger partial charge is 0.408 e. The third kappa shape index (κ3) is 7.23. The molecule has 224 valence electrons. The Morgan fingerprint density at radius 2 is 1.73 bits per heavy atom. The fourth-order valence-corrected chi connectivity index (χ4v) is 6.42. The maximum Gasteiger partial charge on any atom is 0.408 e. The molecule has 4 amide bonds. The Hall–Kier alpha value is -2.91. The normalized spacial score (nSPS) is 25.1. The number of ether oxygens (including phenoxy) is 1. The van der Waals surface area contributed by atoms with E-state index in [2.05, 4.69) is 36.4 Å². The molecule has 3 rings (SSSR count). The van der Waals surface area contributed by atoms with E-state index in [-0.39, 0.29) is 42.0 Å². The van der Waals surface area contributed by atoms with E-state index in [4.69, 9.17) is 4.74 Å². The molecule has 0 radical (unpaired) electrons. The van der Waals surface area contributed by atoms with Crippen molar-refractivity contribution < 1.29 is 28.7 Å². The van der Waals surface area contributed by atoms with Crippen molar-refractivity contribution in [2.24, 2.45) is 23.2 Å². The number of amides is 4. The molecule has 10 nitrogen and oxygen atoms in total. The first-order chi connectivity index (χ1) is 18.7. The van der Waals surface area contributed by atoms with Gasteiger partial charge < -0.3 is 25.6 Å². The van der Waals surface area contributed by atoms with E-state index < -0.39 is 47.4 Å². The summed E-state index contributed by atoms with van der Waals surface area (Å²) < 4.78 is 5.48. The van der Waals surface area contributed by atoms with Gasteiger partial charge in [0.15, 0.2) is 0 Å². The summed E-state index contributed by atoms with van der Waals surface area (Å²) in [6.45, 7) is 15.5. The summed E-state index contributed by atoms with van der Waals surface area (Å²) in [5.41, 5.74) is -0.850. The number of hydrogen-bond acceptors (Lipinski definition) is 6. The predicted octanol–water partition coefficient (Wildman–Crippen LogP) is 3.10. The van der Waals surface area contributed by atoms with Crippen LogP contribution >= 0.6 is 0 Å². The molecule has 3 N–H and O–H groups in total. The summed E-state index contributed by atoms with van der Waals surface area (Å²) >= 11 is 0. The minimum atomic E-state index is -0.997. The molecule has 3 fully saturated rings. The van der Waals surface area contributed by atoms with Crippen LogP contribution in [-0.2, 0) is 23.9 Å². The number of Topliss-reactive ketones (excluding diaryl/α,β-unsaturated/α-hetero) is 1. The third-order valence-corrected chi connectivity index (χ3v) is 8.72. The molecule has 0 aromatic carbocycles. The van der Waals surface area contributed by atoms with Gasteiger partial charge in [-0.25, -0.2) is 4.79 Å². The second-order valence-corrected chi connectivity index (χ2v) is 13.1. The molecule has 1 heterocycles. The van der Waals surface area contributed by atoms with Gasteiger partial charge >= 0.3 is 6.09 Å². The lowest BCUT2D eigenvalue weighted by Crippen LogP contribution is -2.59. The zero-order valence-electron chi connectivity index (χ0n) is 25.0. The Bertz CT molecular complexity index is 997. The van der Waals surface area contributed by atoms with Crippen LogP contribution in [0.2, 0.25) is 0 Å². The van der Waals surface area contributed by atoms with Gasteiger partial charge in [-0.2, -0.15) is 0 Å². The number of piperidine rings is 1. The number of fused-ring (bicyclic) bond motifs is 1. The largest absolute Gasteiger partial charge is 0.444 e. The molecule has 3 aliphatic rings. The number of likely N-dealkylation sites (tertiary alicyclic amines) is 1. The van der Waals surface area contributed by atoms with Crippen molar-refractivity contribution in [3.8, 4) is 0 Å². The van der Waals surface area contributed by atoms with Crippen molar-refractivity contribution in [2.45, 2.75) is 110 Å². The molecule has 10 heteroatoms. The summed E-state index contributed by atoms with van der Waals surface area (Å²) in [6, 6.07) is -2.59. The molecule has 0 bridgehead atoms. The summed E-state index contributed by atoms with van der Waals surface area (Å²) in [5, 5.41) is 8.17. The van der Waals surface area contributed by atoms with Crippen LogP contribution < -0.4 is 16.0 Å². The first-order valence-corrected chi connectivity index (χ1v) is 14.8. The lowest BCUT2D eigenvalue weighted by atomic mass is 9.83. The zero-order valence-corrected chi connectivity index (χ0v) is 25.0. The summed E-state index contributed by atoms with van der Waals surface area (Å²) in [7, 11) is 0. The quantitative estimate of drug-likeness (QED) is 0.202. The number of rotatable bonds is 11. The molecule has 0 aromatic rings. The van der Waals surface area contributed by atoms with Crippen LogP contribution in [0.5, 0.6) is 0 Å². The Morgan fingerprint density at radius 3 is 2.30 bits per heavy atom. The molecule has 5 atom stereocenters. The number of carbonyl (C=O) groups is 5. The van der Waals surface area contributed by atoms with Crippen LogP contribution in [0.3, 0.4) is 0 Å². The number of nitrogens with one attached hydrogen (secondary N) is 3. The molecular weight excluding hydrogens is 512 g/mol. The van der Waals surface area contributed by atoms with Crippen LogP contribution in [0.15, 0.2) is 12.7 Å². The summed E-state index contributed by atoms with van der Waals surface area (Å²) in [6.07, 6.45) is 6.41. The topological polar surface area (TPSA) is 134 Å². The van der Waals surface area contributed by atoms with Crippen molar-refractivity contribution in [3.05, 3.63) is 12.7 Å². The molecular formula is C30H48N4O6. The number of carbonyl (C=O) groups excluding carboxylic acids is 5. The second-order valence-electron chi connectivity index (χ2n) is 13.1. The van der Waals surface area contributed by atoms with Gasteiger partial charge in [0.25, 0.3) is 5.91 Å². The van der Waals surface area contributed by atoms with Gasteiger partial charge in [-0.05, 0) is 69.6 Å². The van der Waals surface area contributed by atoms with E-state index in [0.29, 0.717) is 13.0 Å². The van der Waals surface area contributed by atoms with Gasteiger partial charge in [0.2, 0.25) is 17.6 Å². The first kappa shape index (κ1) is 31.6. The van der Waals surface area contributed by atoms with Gasteiger partial charge in [0.1, 0.15) is 17.7 Å². The average Bonchev–Trinajstić information content (AvgIpc) is 3.22. The highest BCUT2D eigenvalue weighted by Gasteiger charge is 2.69. The van der Waals surface area contributed by atoms with Crippen molar-refractivity contribution in [1.82, 2.24) is 20.9 Å². The second kappa shape index (κ2) is 12.7. The monoisotopic (exact) mass is 560 g/mol. The highest BCUT2D eigenvalue weighted by Crippen LogP contribution is 2.65. The Balaban J connectivity index is 1.80. The van der Waals surface area contributed by atoms with E-state index >= 15 is 0 Å². The lowest BCUT2D eigenvalue weighted by Gasteiger charge is -2.37. The van der Waals surface area contributed by atoms with Crippen LogP contribution in [0, 0.1) is 23.2 Å². The van der Waals surface area contributed by atoms with Crippen molar-refractivity contribution in [2.75, 3.05) is 13.1 Å². The van der Waals surface area contributed by atoms with Gasteiger partial charge in [-0.3, -0.25) is 19.2 Å². The van der Waals surface area contributed by atoms with Crippen LogP contribution in [0.25, 0.3) is 0 Å². The molecule has 2 unspecified atom stereocenters. The highest BCUT2D eigenvalue weighted by molar-refractivity contribution is 6.38. The van der Waals surface area contributed by atoms with E-state index in [1.807, 2.05) is 0 Å². The summed E-state index contributed by atoms with van der Waals surface area (Å²) in [5.74, 6) is -2.18. The average molecular weight is 561 g/mol. The molecule has 2 aliphatic carbocycles. The molecule has 1 saturated heterocycles. The molecule has 1 aliphatic heterocycles. The van der Waals surface area contributed by atoms with E-state index in [1.54, 1.807) is 38.7 Å². The standard InChI is InChI=1S/C30H48N4O6/c1-8-10-16-31-26(37)24(35)20(9-2)32-25(36)23-21-19(30(21,6)7)17-34(23)27(38)22(18-14-12-11-13-15-18)33-28(39)40-29(3,4)5/h8,18-23H,1,9-17H2,2-7H3,(H,31,37)(H,32,36)(H,33,39)/t19?,20?,21-,22-,23-/m0/s1. The molecule has 40 heavy (non-hydrogen) atoms. The third-order valence-electron chi connectivity index (χ3n) is 8.72. The number of ketones is 1. The minimum Gasteiger partial charge on any atom is -0.444 e. The summed E-state index contributed by atoms with van der Waals surface area (Å²) in [4.78, 5) is 67.4. The number of alkyl carbamates (subject to hydrolysis) is 1. The zero-order chi connectivity index (χ0) is 29.8. The number of hydrogen-bond donors (Lipinski definition) is 3. The minimum absolute atomic E-state index is 0.0494. The van der Waals surface area contributed by atoms with Crippen molar-refractivity contribution >= 4 is 29.6 Å². The SMILES string of the molecule is C=CCCNC(=O)C(=O)C(CC)NC(=O)[C@@H]1[C@@H]2C(CN1C(=O)[C@@H](NC(=O)OC(C)(C)C)C1CCCCC1)C2(C)C. The van der Waals surface area contributed by atoms with Gasteiger partial charge in [-0.1, -0.05) is 46.1 Å². The van der Waals surface area contributed by atoms with Crippen LogP contribution in [0.4, 0.5) is 4.79 Å². The van der Waals surface area contributed by atoms with Crippen molar-refractivity contribution in [3.63, 3.8) is 0 Å². The van der Waals surface area contributed by atoms with Gasteiger partial charge in [0, 0.05) is 13.1 Å². The van der Waals surface area contributed by atoms with E-state index in [0.717, 1.165) is 32.1 Å². The Morgan fingerprint density at radius 1 is 1.07 bits per heavy atom. The van der Waals surface area contributed by atoms with Crippen LogP contribution in [0.1, 0.15) is 86.5 Å². The van der Waals surface area contributed by atoms with Gasteiger partial charge in [0.05, 0.1) is 6.04 Å². The highest BCUT2D eigenvalue weighted by atomic mass is 16.6. The fourth-order valence-electron chi connectivity index (χ4n) is 6.42. The first-order valence-electron chi connectivity index (χ1n) is 14.8. The molecule has 0 aromatic heterocycles. The fraction of sp³-hybridized carbons (Fsp3) is 0.767. The van der Waals surface area contributed by atoms with Gasteiger partial charge in [-0.15, -0.1) is 6.58 Å². The van der Waals surface area contributed by atoms with E-state index in [9.17, 15) is 24.0 Å². The maximum absolute atomic E-state index is 14.1. The van der Waals surface area contributed by atoms with E-state index in [1.165, 1.54) is 0 Å².